The molecule has 1 fully saturated rings. The highest BCUT2D eigenvalue weighted by molar-refractivity contribution is 7.89. The molecule has 0 radical (unpaired) electrons. The van der Waals surface area contributed by atoms with E-state index in [1.165, 1.54) is 0 Å². The van der Waals surface area contributed by atoms with Crippen molar-refractivity contribution in [1.29, 1.82) is 0 Å². The van der Waals surface area contributed by atoms with Crippen molar-refractivity contribution in [3.8, 4) is 0 Å². The molecule has 7 heteroatoms. The van der Waals surface area contributed by atoms with E-state index in [1.807, 2.05) is 14.0 Å². The lowest BCUT2D eigenvalue weighted by Gasteiger charge is -2.34. The van der Waals surface area contributed by atoms with Crippen LogP contribution in [0.25, 0.3) is 0 Å². The molecule has 2 atom stereocenters. The van der Waals surface area contributed by atoms with Gasteiger partial charge in [0.2, 0.25) is 10.0 Å². The van der Waals surface area contributed by atoms with Crippen LogP contribution in [0.3, 0.4) is 0 Å². The van der Waals surface area contributed by atoms with Gasteiger partial charge in [0.05, 0.1) is 5.75 Å². The van der Waals surface area contributed by atoms with Gasteiger partial charge in [0.25, 0.3) is 0 Å². The Morgan fingerprint density at radius 1 is 1.50 bits per heavy atom. The lowest BCUT2D eigenvalue weighted by atomic mass is 9.95. The first-order valence-electron chi connectivity index (χ1n) is 6.20. The van der Waals surface area contributed by atoms with E-state index in [0.717, 1.165) is 19.5 Å². The number of nitrogens with one attached hydrogen (secondary N) is 1. The predicted molar refractivity (Wildman–Crippen MR) is 68.9 cm³/mol. The molecule has 1 heterocycles. The zero-order valence-corrected chi connectivity index (χ0v) is 11.7. The van der Waals surface area contributed by atoms with Crippen molar-refractivity contribution >= 4 is 16.0 Å². The second-order valence-electron chi connectivity index (χ2n) is 5.07. The van der Waals surface area contributed by atoms with Crippen LogP contribution in [0.2, 0.25) is 0 Å². The Bertz CT molecular complexity index is 383. The molecule has 0 spiro atoms. The summed E-state index contributed by atoms with van der Waals surface area (Å²) in [7, 11) is -1.34. The maximum absolute atomic E-state index is 11.8. The van der Waals surface area contributed by atoms with E-state index in [2.05, 4.69) is 9.62 Å². The number of piperidine rings is 1. The first-order chi connectivity index (χ1) is 8.30. The van der Waals surface area contributed by atoms with Gasteiger partial charge in [-0.15, -0.1) is 0 Å². The van der Waals surface area contributed by atoms with Crippen molar-refractivity contribution in [1.82, 2.24) is 9.62 Å². The molecule has 1 aliphatic heterocycles. The Balaban J connectivity index is 2.42. The van der Waals surface area contributed by atoms with Gasteiger partial charge in [-0.05, 0) is 32.4 Å². The number of sulfonamides is 1. The second-order valence-corrected chi connectivity index (χ2v) is 6.94. The summed E-state index contributed by atoms with van der Waals surface area (Å²) in [5, 5.41) is 8.48. The van der Waals surface area contributed by atoms with Gasteiger partial charge in [-0.1, -0.05) is 6.92 Å². The predicted octanol–water partition coefficient (Wildman–Crippen LogP) is 0.111. The average molecular weight is 278 g/mol. The molecule has 6 nitrogen and oxygen atoms in total. The highest BCUT2D eigenvalue weighted by atomic mass is 32.2. The number of carbonyl (C=O) groups is 1. The molecule has 0 saturated carbocycles. The van der Waals surface area contributed by atoms with E-state index in [0.29, 0.717) is 0 Å². The summed E-state index contributed by atoms with van der Waals surface area (Å²) in [6, 6.07) is -0.0315. The van der Waals surface area contributed by atoms with Crippen LogP contribution in [0.4, 0.5) is 0 Å². The zero-order valence-electron chi connectivity index (χ0n) is 10.9. The Labute approximate surface area is 108 Å². The smallest absolute Gasteiger partial charge is 0.303 e. The molecule has 2 N–H and O–H groups in total. The molecule has 0 amide bonds. The van der Waals surface area contributed by atoms with Crippen molar-refractivity contribution in [2.45, 2.75) is 32.2 Å². The van der Waals surface area contributed by atoms with E-state index in [4.69, 9.17) is 5.11 Å². The molecule has 0 aliphatic carbocycles. The highest BCUT2D eigenvalue weighted by Crippen LogP contribution is 2.16. The van der Waals surface area contributed by atoms with Crippen molar-refractivity contribution in [3.05, 3.63) is 0 Å². The number of nitrogens with zero attached hydrogens (tertiary/aromatic N) is 1. The summed E-state index contributed by atoms with van der Waals surface area (Å²) < 4.78 is 26.3. The van der Waals surface area contributed by atoms with Crippen LogP contribution < -0.4 is 4.72 Å². The molecule has 1 saturated heterocycles. The summed E-state index contributed by atoms with van der Waals surface area (Å²) in [4.78, 5) is 12.5. The van der Waals surface area contributed by atoms with E-state index in [9.17, 15) is 13.2 Å². The minimum atomic E-state index is -3.36. The molecule has 106 valence electrons. The quantitative estimate of drug-likeness (QED) is 0.720. The molecule has 0 aromatic carbocycles. The fraction of sp³-hybridized carbons (Fsp3) is 0.909. The van der Waals surface area contributed by atoms with Gasteiger partial charge in [-0.3, -0.25) is 4.79 Å². The average Bonchev–Trinajstić information content (AvgIpc) is 2.21. The number of carboxylic acids is 1. The Hall–Kier alpha value is -0.660. The number of likely N-dealkylation sites (tertiary alicyclic amines) is 1. The van der Waals surface area contributed by atoms with E-state index in [1.54, 1.807) is 0 Å². The van der Waals surface area contributed by atoms with Crippen LogP contribution in [0.15, 0.2) is 0 Å². The van der Waals surface area contributed by atoms with Crippen molar-refractivity contribution < 1.29 is 18.3 Å². The fourth-order valence-corrected chi connectivity index (χ4v) is 3.69. The zero-order chi connectivity index (χ0) is 13.8. The number of hydrogen-bond donors (Lipinski definition) is 2. The minimum absolute atomic E-state index is 0.0315. The first kappa shape index (κ1) is 15.4. The van der Waals surface area contributed by atoms with Gasteiger partial charge in [-0.25, -0.2) is 13.1 Å². The summed E-state index contributed by atoms with van der Waals surface area (Å²) in [6.45, 7) is 3.79. The van der Waals surface area contributed by atoms with Gasteiger partial charge in [-0.2, -0.15) is 0 Å². The number of rotatable bonds is 6. The normalized spacial score (nSPS) is 26.1. The van der Waals surface area contributed by atoms with E-state index >= 15 is 0 Å². The number of aliphatic carboxylic acids is 1. The van der Waals surface area contributed by atoms with Crippen LogP contribution in [-0.2, 0) is 14.8 Å². The van der Waals surface area contributed by atoms with Crippen LogP contribution in [0.1, 0.15) is 26.2 Å². The Morgan fingerprint density at radius 2 is 2.17 bits per heavy atom. The molecule has 2 unspecified atom stereocenters. The topological polar surface area (TPSA) is 86.7 Å². The van der Waals surface area contributed by atoms with Gasteiger partial charge in [0.1, 0.15) is 0 Å². The second kappa shape index (κ2) is 6.49. The van der Waals surface area contributed by atoms with E-state index < -0.39 is 16.0 Å². The SMILES string of the molecule is CC1CN(C)CCC1NS(=O)(=O)CCCC(=O)O. The molecular weight excluding hydrogens is 256 g/mol. The van der Waals surface area contributed by atoms with Crippen LogP contribution in [-0.4, -0.2) is 56.3 Å². The molecule has 18 heavy (non-hydrogen) atoms. The van der Waals surface area contributed by atoms with E-state index in [-0.39, 0.29) is 30.6 Å². The van der Waals surface area contributed by atoms with Gasteiger partial charge >= 0.3 is 5.97 Å². The fourth-order valence-electron chi connectivity index (χ4n) is 2.23. The molecular formula is C11H22N2O4S. The largest absolute Gasteiger partial charge is 0.481 e. The summed E-state index contributed by atoms with van der Waals surface area (Å²) in [6.07, 6.45) is 0.853. The lowest BCUT2D eigenvalue weighted by molar-refractivity contribution is -0.137. The first-order valence-corrected chi connectivity index (χ1v) is 7.86. The number of carboxylic acid groups (broad SMARTS) is 1. The Kier molecular flexibility index (Phi) is 5.55. The lowest BCUT2D eigenvalue weighted by Crippen LogP contribution is -2.49. The third kappa shape index (κ3) is 5.32. The monoisotopic (exact) mass is 278 g/mol. The van der Waals surface area contributed by atoms with Gasteiger partial charge in [0.15, 0.2) is 0 Å². The summed E-state index contributed by atoms with van der Waals surface area (Å²) >= 11 is 0. The summed E-state index contributed by atoms with van der Waals surface area (Å²) in [5.74, 6) is -0.797. The minimum Gasteiger partial charge on any atom is -0.481 e. The number of hydrogen-bond acceptors (Lipinski definition) is 4. The standard InChI is InChI=1S/C11H22N2O4S/c1-9-8-13(2)6-5-10(9)12-18(16,17)7-3-4-11(14)15/h9-10,12H,3-8H2,1-2H3,(H,14,15). The molecule has 0 aromatic heterocycles. The van der Waals surface area contributed by atoms with Crippen molar-refractivity contribution in [2.75, 3.05) is 25.9 Å². The summed E-state index contributed by atoms with van der Waals surface area (Å²) in [5.41, 5.74) is 0. The van der Waals surface area contributed by atoms with Gasteiger partial charge in [0, 0.05) is 19.0 Å². The molecule has 1 aliphatic rings. The molecule has 0 aromatic rings. The van der Waals surface area contributed by atoms with Crippen LogP contribution in [0.5, 0.6) is 0 Å². The molecule has 1 rings (SSSR count). The van der Waals surface area contributed by atoms with Crippen molar-refractivity contribution in [3.63, 3.8) is 0 Å². The van der Waals surface area contributed by atoms with Crippen molar-refractivity contribution in [2.24, 2.45) is 5.92 Å². The maximum Gasteiger partial charge on any atom is 0.303 e. The van der Waals surface area contributed by atoms with Gasteiger partial charge < -0.3 is 10.0 Å². The highest BCUT2D eigenvalue weighted by Gasteiger charge is 2.27. The molecule has 0 bridgehead atoms. The third-order valence-electron chi connectivity index (χ3n) is 3.24. The Morgan fingerprint density at radius 3 is 2.72 bits per heavy atom. The third-order valence-corrected chi connectivity index (χ3v) is 4.73. The van der Waals surface area contributed by atoms with Crippen LogP contribution in [0, 0.1) is 5.92 Å². The van der Waals surface area contributed by atoms with Crippen LogP contribution >= 0.6 is 0 Å². The maximum atomic E-state index is 11.8.